The highest BCUT2D eigenvalue weighted by Gasteiger charge is 2.21. The van der Waals surface area contributed by atoms with Crippen LogP contribution in [0.2, 0.25) is 0 Å². The molecule has 0 spiro atoms. The lowest BCUT2D eigenvalue weighted by atomic mass is 9.99. The fraction of sp³-hybridized carbons (Fsp3) is 0.562. The van der Waals surface area contributed by atoms with Gasteiger partial charge in [-0.05, 0) is 31.2 Å². The van der Waals surface area contributed by atoms with Crippen LogP contribution in [-0.4, -0.2) is 37.2 Å². The highest BCUT2D eigenvalue weighted by Crippen LogP contribution is 2.17. The average Bonchev–Trinajstić information content (AvgIpc) is 2.49. The third-order valence-electron chi connectivity index (χ3n) is 3.65. The first-order valence-electron chi connectivity index (χ1n) is 7.44. The summed E-state index contributed by atoms with van der Waals surface area (Å²) in [5.41, 5.74) is 1.17. The molecule has 0 bridgehead atoms. The second kappa shape index (κ2) is 7.90. The summed E-state index contributed by atoms with van der Waals surface area (Å²) < 4.78 is 5.39. The second-order valence-electron chi connectivity index (χ2n) is 5.26. The van der Waals surface area contributed by atoms with Crippen LogP contribution in [0, 0.1) is 5.92 Å². The molecule has 1 aromatic carbocycles. The van der Waals surface area contributed by atoms with E-state index in [2.05, 4.69) is 17.4 Å². The predicted octanol–water partition coefficient (Wildman–Crippen LogP) is 2.64. The van der Waals surface area contributed by atoms with Gasteiger partial charge in [-0.3, -0.25) is 0 Å². The van der Waals surface area contributed by atoms with Gasteiger partial charge in [-0.25, -0.2) is 4.79 Å². The molecular formula is C16H24N2O2. The van der Waals surface area contributed by atoms with Crippen LogP contribution in [-0.2, 0) is 11.3 Å². The molecule has 1 N–H and O–H groups in total. The maximum atomic E-state index is 12.2. The van der Waals surface area contributed by atoms with E-state index in [1.807, 2.05) is 30.0 Å². The molecule has 0 unspecified atom stereocenters. The smallest absolute Gasteiger partial charge is 0.317 e. The molecule has 110 valence electrons. The Balaban J connectivity index is 1.98. The largest absolute Gasteiger partial charge is 0.381 e. The van der Waals surface area contributed by atoms with Crippen molar-refractivity contribution in [3.8, 4) is 0 Å². The number of nitrogens with zero attached hydrogens (tertiary/aromatic N) is 1. The first-order valence-corrected chi connectivity index (χ1v) is 7.44. The maximum absolute atomic E-state index is 12.2. The molecule has 1 aliphatic rings. The highest BCUT2D eigenvalue weighted by atomic mass is 16.5. The average molecular weight is 276 g/mol. The normalized spacial score (nSPS) is 15.8. The zero-order valence-electron chi connectivity index (χ0n) is 12.2. The van der Waals surface area contributed by atoms with Crippen molar-refractivity contribution in [1.29, 1.82) is 0 Å². The standard InChI is InChI=1S/C16H24N2O2/c1-2-17-16(19)18(12-14-6-4-3-5-7-14)13-15-8-10-20-11-9-15/h3-7,15H,2,8-13H2,1H3,(H,17,19). The summed E-state index contributed by atoms with van der Waals surface area (Å²) in [6.07, 6.45) is 2.09. The van der Waals surface area contributed by atoms with Crippen LogP contribution in [0.5, 0.6) is 0 Å². The first kappa shape index (κ1) is 14.9. The van der Waals surface area contributed by atoms with E-state index >= 15 is 0 Å². The van der Waals surface area contributed by atoms with E-state index in [0.717, 1.165) is 32.6 Å². The van der Waals surface area contributed by atoms with Gasteiger partial charge in [0.05, 0.1) is 0 Å². The molecule has 2 amide bonds. The number of hydrogen-bond acceptors (Lipinski definition) is 2. The number of nitrogens with one attached hydrogen (secondary N) is 1. The maximum Gasteiger partial charge on any atom is 0.317 e. The van der Waals surface area contributed by atoms with Gasteiger partial charge in [0.1, 0.15) is 0 Å². The first-order chi connectivity index (χ1) is 9.79. The van der Waals surface area contributed by atoms with Crippen LogP contribution >= 0.6 is 0 Å². The second-order valence-corrected chi connectivity index (χ2v) is 5.26. The summed E-state index contributed by atoms with van der Waals surface area (Å²) >= 11 is 0. The summed E-state index contributed by atoms with van der Waals surface area (Å²) in [5.74, 6) is 0.551. The van der Waals surface area contributed by atoms with E-state index in [0.29, 0.717) is 19.0 Å². The molecule has 4 nitrogen and oxygen atoms in total. The van der Waals surface area contributed by atoms with Crippen molar-refractivity contribution in [1.82, 2.24) is 10.2 Å². The number of carbonyl (C=O) groups is 1. The lowest BCUT2D eigenvalue weighted by molar-refractivity contribution is 0.0556. The van der Waals surface area contributed by atoms with Crippen LogP contribution in [0.1, 0.15) is 25.3 Å². The Morgan fingerprint density at radius 2 is 2.00 bits per heavy atom. The molecule has 0 aromatic heterocycles. The molecule has 1 heterocycles. The molecule has 0 saturated carbocycles. The van der Waals surface area contributed by atoms with Crippen LogP contribution in [0.3, 0.4) is 0 Å². The van der Waals surface area contributed by atoms with Gasteiger partial charge in [-0.15, -0.1) is 0 Å². The number of rotatable bonds is 5. The summed E-state index contributed by atoms with van der Waals surface area (Å²) in [5, 5.41) is 2.91. The van der Waals surface area contributed by atoms with Crippen molar-refractivity contribution >= 4 is 6.03 Å². The Morgan fingerprint density at radius 3 is 2.65 bits per heavy atom. The molecule has 0 radical (unpaired) electrons. The number of ether oxygens (including phenoxy) is 1. The molecule has 2 rings (SSSR count). The quantitative estimate of drug-likeness (QED) is 0.898. The minimum absolute atomic E-state index is 0.0304. The summed E-state index contributed by atoms with van der Waals surface area (Å²) in [6.45, 7) is 5.73. The molecule has 20 heavy (non-hydrogen) atoms. The van der Waals surface area contributed by atoms with Crippen molar-refractivity contribution in [3.05, 3.63) is 35.9 Å². The fourth-order valence-electron chi connectivity index (χ4n) is 2.53. The van der Waals surface area contributed by atoms with Gasteiger partial charge in [0.2, 0.25) is 0 Å². The number of hydrogen-bond donors (Lipinski definition) is 1. The lowest BCUT2D eigenvalue weighted by Crippen LogP contribution is -2.42. The lowest BCUT2D eigenvalue weighted by Gasteiger charge is -2.30. The SMILES string of the molecule is CCNC(=O)N(Cc1ccccc1)CC1CCOCC1. The zero-order chi connectivity index (χ0) is 14.2. The Kier molecular flexibility index (Phi) is 5.87. The van der Waals surface area contributed by atoms with Crippen LogP contribution in [0.4, 0.5) is 4.79 Å². The third kappa shape index (κ3) is 4.53. The molecule has 1 aromatic rings. The summed E-state index contributed by atoms with van der Waals surface area (Å²) in [6, 6.07) is 10.2. The topological polar surface area (TPSA) is 41.6 Å². The Hall–Kier alpha value is -1.55. The number of urea groups is 1. The van der Waals surface area contributed by atoms with E-state index in [1.165, 1.54) is 5.56 Å². The van der Waals surface area contributed by atoms with Gasteiger partial charge in [0, 0.05) is 32.8 Å². The molecule has 4 heteroatoms. The molecule has 0 aliphatic carbocycles. The van der Waals surface area contributed by atoms with Crippen molar-refractivity contribution < 1.29 is 9.53 Å². The molecular weight excluding hydrogens is 252 g/mol. The zero-order valence-corrected chi connectivity index (χ0v) is 12.2. The van der Waals surface area contributed by atoms with Crippen LogP contribution < -0.4 is 5.32 Å². The van der Waals surface area contributed by atoms with E-state index in [4.69, 9.17) is 4.74 Å². The monoisotopic (exact) mass is 276 g/mol. The predicted molar refractivity (Wildman–Crippen MR) is 79.5 cm³/mol. The fourth-order valence-corrected chi connectivity index (χ4v) is 2.53. The summed E-state index contributed by atoms with van der Waals surface area (Å²) in [4.78, 5) is 14.1. The van der Waals surface area contributed by atoms with E-state index < -0.39 is 0 Å². The van der Waals surface area contributed by atoms with E-state index in [-0.39, 0.29) is 6.03 Å². The van der Waals surface area contributed by atoms with Gasteiger partial charge >= 0.3 is 6.03 Å². The van der Waals surface area contributed by atoms with Gasteiger partial charge in [0.25, 0.3) is 0 Å². The molecule has 1 saturated heterocycles. The Bertz CT molecular complexity index is 402. The minimum atomic E-state index is 0.0304. The third-order valence-corrected chi connectivity index (χ3v) is 3.65. The van der Waals surface area contributed by atoms with Gasteiger partial charge in [0.15, 0.2) is 0 Å². The molecule has 0 atom stereocenters. The van der Waals surface area contributed by atoms with Crippen molar-refractivity contribution in [3.63, 3.8) is 0 Å². The number of amides is 2. The number of carbonyl (C=O) groups excluding carboxylic acids is 1. The van der Waals surface area contributed by atoms with E-state index in [9.17, 15) is 4.79 Å². The molecule has 1 fully saturated rings. The summed E-state index contributed by atoms with van der Waals surface area (Å²) in [7, 11) is 0. The van der Waals surface area contributed by atoms with Crippen molar-refractivity contribution in [2.75, 3.05) is 26.3 Å². The van der Waals surface area contributed by atoms with Crippen LogP contribution in [0.15, 0.2) is 30.3 Å². The number of benzene rings is 1. The van der Waals surface area contributed by atoms with Gasteiger partial charge in [-0.1, -0.05) is 30.3 Å². The Morgan fingerprint density at radius 1 is 1.30 bits per heavy atom. The van der Waals surface area contributed by atoms with Gasteiger partial charge in [-0.2, -0.15) is 0 Å². The Labute approximate surface area is 121 Å². The van der Waals surface area contributed by atoms with Gasteiger partial charge < -0.3 is 15.0 Å². The van der Waals surface area contributed by atoms with E-state index in [1.54, 1.807) is 0 Å². The highest BCUT2D eigenvalue weighted by molar-refractivity contribution is 5.74. The van der Waals surface area contributed by atoms with Crippen molar-refractivity contribution in [2.45, 2.75) is 26.3 Å². The van der Waals surface area contributed by atoms with Crippen LogP contribution in [0.25, 0.3) is 0 Å². The van der Waals surface area contributed by atoms with Crippen molar-refractivity contribution in [2.24, 2.45) is 5.92 Å². The minimum Gasteiger partial charge on any atom is -0.381 e. The molecule has 1 aliphatic heterocycles.